The van der Waals surface area contributed by atoms with E-state index in [2.05, 4.69) is 0 Å². The van der Waals surface area contributed by atoms with Gasteiger partial charge in [-0.15, -0.1) is 0 Å². The van der Waals surface area contributed by atoms with E-state index in [9.17, 15) is 17.6 Å². The van der Waals surface area contributed by atoms with Gasteiger partial charge in [0, 0.05) is 25.7 Å². The number of nitrogens with zero attached hydrogens (tertiary/aromatic N) is 3. The van der Waals surface area contributed by atoms with Crippen molar-refractivity contribution in [1.82, 2.24) is 14.1 Å². The van der Waals surface area contributed by atoms with E-state index in [0.717, 1.165) is 12.1 Å². The number of morpholine rings is 1. The average Bonchev–Trinajstić information content (AvgIpc) is 3.00. The van der Waals surface area contributed by atoms with E-state index in [0.29, 0.717) is 26.3 Å². The molecule has 0 spiro atoms. The van der Waals surface area contributed by atoms with Crippen LogP contribution in [0.2, 0.25) is 0 Å². The molecule has 150 valence electrons. The van der Waals surface area contributed by atoms with Crippen LogP contribution >= 0.6 is 0 Å². The van der Waals surface area contributed by atoms with Gasteiger partial charge in [-0.05, 0) is 37.1 Å². The lowest BCUT2D eigenvalue weighted by molar-refractivity contribution is 0.0334. The van der Waals surface area contributed by atoms with Crippen LogP contribution in [0.4, 0.5) is 9.18 Å². The Bertz CT molecular complexity index is 778. The van der Waals surface area contributed by atoms with E-state index in [1.807, 2.05) is 20.8 Å². The Balaban J connectivity index is 1.92. The molecule has 0 N–H and O–H groups in total. The van der Waals surface area contributed by atoms with Crippen LogP contribution in [0.15, 0.2) is 29.2 Å². The molecule has 3 rings (SSSR count). The zero-order chi connectivity index (χ0) is 19.8. The lowest BCUT2D eigenvalue weighted by Gasteiger charge is -2.38. The van der Waals surface area contributed by atoms with E-state index < -0.39 is 22.0 Å². The highest BCUT2D eigenvalue weighted by Crippen LogP contribution is 2.32. The number of carbonyl (C=O) groups excluding carboxylic acids is 1. The van der Waals surface area contributed by atoms with E-state index in [1.54, 1.807) is 9.80 Å². The maximum absolute atomic E-state index is 13.2. The summed E-state index contributed by atoms with van der Waals surface area (Å²) in [5, 5.41) is 0. The van der Waals surface area contributed by atoms with Gasteiger partial charge in [0.1, 0.15) is 12.0 Å². The molecule has 2 aliphatic rings. The first kappa shape index (κ1) is 20.0. The van der Waals surface area contributed by atoms with Crippen LogP contribution in [0.3, 0.4) is 0 Å². The predicted octanol–water partition coefficient (Wildman–Crippen LogP) is 1.95. The van der Waals surface area contributed by atoms with Gasteiger partial charge in [0.05, 0.1) is 18.1 Å². The monoisotopic (exact) mass is 399 g/mol. The van der Waals surface area contributed by atoms with Gasteiger partial charge in [0.15, 0.2) is 0 Å². The summed E-state index contributed by atoms with van der Waals surface area (Å²) >= 11 is 0. The molecule has 2 atom stereocenters. The van der Waals surface area contributed by atoms with Gasteiger partial charge in [-0.2, -0.15) is 4.31 Å². The van der Waals surface area contributed by atoms with Gasteiger partial charge in [0.2, 0.25) is 10.0 Å². The number of ether oxygens (including phenoxy) is 1. The van der Waals surface area contributed by atoms with Crippen LogP contribution in [0, 0.1) is 11.7 Å². The summed E-state index contributed by atoms with van der Waals surface area (Å²) < 4.78 is 46.3. The summed E-state index contributed by atoms with van der Waals surface area (Å²) in [5.41, 5.74) is 0. The number of urea groups is 1. The minimum Gasteiger partial charge on any atom is -0.378 e. The Morgan fingerprint density at radius 3 is 2.33 bits per heavy atom. The van der Waals surface area contributed by atoms with Crippen molar-refractivity contribution in [3.63, 3.8) is 0 Å². The lowest BCUT2D eigenvalue weighted by atomic mass is 10.1. The quantitative estimate of drug-likeness (QED) is 0.779. The highest BCUT2D eigenvalue weighted by molar-refractivity contribution is 7.89. The van der Waals surface area contributed by atoms with Crippen molar-refractivity contribution in [3.05, 3.63) is 30.1 Å². The third-order valence-electron chi connectivity index (χ3n) is 5.02. The molecule has 0 aromatic heterocycles. The largest absolute Gasteiger partial charge is 0.378 e. The smallest absolute Gasteiger partial charge is 0.321 e. The third-order valence-corrected chi connectivity index (χ3v) is 6.87. The van der Waals surface area contributed by atoms with Crippen LogP contribution in [0.1, 0.15) is 20.8 Å². The highest BCUT2D eigenvalue weighted by atomic mass is 32.2. The van der Waals surface area contributed by atoms with Gasteiger partial charge in [0.25, 0.3) is 0 Å². The molecular weight excluding hydrogens is 373 g/mol. The van der Waals surface area contributed by atoms with Crippen molar-refractivity contribution in [2.45, 2.75) is 37.9 Å². The number of sulfonamides is 1. The molecule has 2 fully saturated rings. The number of halogens is 1. The topological polar surface area (TPSA) is 70.2 Å². The maximum atomic E-state index is 13.2. The molecule has 1 aromatic rings. The molecule has 0 saturated carbocycles. The third kappa shape index (κ3) is 3.81. The molecule has 2 saturated heterocycles. The van der Waals surface area contributed by atoms with E-state index in [4.69, 9.17) is 4.74 Å². The van der Waals surface area contributed by atoms with E-state index in [1.165, 1.54) is 16.4 Å². The summed E-state index contributed by atoms with van der Waals surface area (Å²) in [6, 6.07) is 4.36. The molecule has 0 radical (unpaired) electrons. The highest BCUT2D eigenvalue weighted by Gasteiger charge is 2.48. The van der Waals surface area contributed by atoms with E-state index >= 15 is 0 Å². The molecule has 7 nitrogen and oxygen atoms in total. The molecule has 9 heteroatoms. The van der Waals surface area contributed by atoms with Crippen LogP contribution in [0.5, 0.6) is 0 Å². The second kappa shape index (κ2) is 7.73. The molecule has 2 amide bonds. The minimum absolute atomic E-state index is 0.0300. The van der Waals surface area contributed by atoms with Crippen molar-refractivity contribution < 1.29 is 22.3 Å². The van der Waals surface area contributed by atoms with Crippen molar-refractivity contribution in [2.24, 2.45) is 5.92 Å². The van der Waals surface area contributed by atoms with Gasteiger partial charge in [-0.3, -0.25) is 0 Å². The number of hydrogen-bond donors (Lipinski definition) is 0. The van der Waals surface area contributed by atoms with Crippen molar-refractivity contribution >= 4 is 16.1 Å². The predicted molar refractivity (Wildman–Crippen MR) is 98.0 cm³/mol. The Labute approximate surface area is 159 Å². The molecular formula is C18H26FN3O4S. The number of hydrogen-bond acceptors (Lipinski definition) is 4. The molecule has 0 aliphatic carbocycles. The first-order chi connectivity index (χ1) is 12.7. The van der Waals surface area contributed by atoms with Gasteiger partial charge in [-0.25, -0.2) is 17.6 Å². The first-order valence-electron chi connectivity index (χ1n) is 9.16. The number of rotatable bonds is 3. The zero-order valence-corrected chi connectivity index (χ0v) is 16.7. The second-order valence-electron chi connectivity index (χ2n) is 7.32. The Hall–Kier alpha value is -1.71. The summed E-state index contributed by atoms with van der Waals surface area (Å²) in [5.74, 6) is -0.594. The Morgan fingerprint density at radius 1 is 1.19 bits per heavy atom. The van der Waals surface area contributed by atoms with Crippen molar-refractivity contribution in [2.75, 3.05) is 32.8 Å². The van der Waals surface area contributed by atoms with Crippen LogP contribution < -0.4 is 0 Å². The van der Waals surface area contributed by atoms with Crippen molar-refractivity contribution in [1.29, 1.82) is 0 Å². The standard InChI is InChI=1S/C18H26FN3O4S/c1-13(2)17-21(27(24,25)16-6-4-15(19)5-7-16)12-14(3)22(17)18(23)20-8-10-26-11-9-20/h4-7,13-14,17H,8-12H2,1-3H3/t14-,17+/m1/s1. The van der Waals surface area contributed by atoms with Crippen LogP contribution in [-0.4, -0.2) is 73.6 Å². The minimum atomic E-state index is -3.85. The summed E-state index contributed by atoms with van der Waals surface area (Å²) in [6.45, 7) is 7.82. The van der Waals surface area contributed by atoms with Crippen molar-refractivity contribution in [3.8, 4) is 0 Å². The molecule has 2 aliphatic heterocycles. The fourth-order valence-electron chi connectivity index (χ4n) is 3.71. The lowest BCUT2D eigenvalue weighted by Crippen LogP contribution is -2.55. The van der Waals surface area contributed by atoms with Gasteiger partial charge >= 0.3 is 6.03 Å². The van der Waals surface area contributed by atoms with Crippen LogP contribution in [0.25, 0.3) is 0 Å². The maximum Gasteiger partial charge on any atom is 0.321 e. The molecule has 0 unspecified atom stereocenters. The molecule has 0 bridgehead atoms. The summed E-state index contributed by atoms with van der Waals surface area (Å²) in [6.07, 6.45) is -0.592. The Kier molecular flexibility index (Phi) is 5.73. The normalized spacial score (nSPS) is 24.6. The Morgan fingerprint density at radius 2 is 1.78 bits per heavy atom. The molecule has 2 heterocycles. The fourth-order valence-corrected chi connectivity index (χ4v) is 5.50. The average molecular weight is 399 g/mol. The number of benzene rings is 1. The number of amides is 2. The SMILES string of the molecule is CC(C)[C@@H]1N(C(=O)N2CCOCC2)[C@H](C)CN1S(=O)(=O)c1ccc(F)cc1. The van der Waals surface area contributed by atoms with E-state index in [-0.39, 0.29) is 29.4 Å². The molecule has 27 heavy (non-hydrogen) atoms. The first-order valence-corrected chi connectivity index (χ1v) is 10.6. The van der Waals surface area contributed by atoms with Crippen LogP contribution in [-0.2, 0) is 14.8 Å². The second-order valence-corrected chi connectivity index (χ2v) is 9.22. The fraction of sp³-hybridized carbons (Fsp3) is 0.611. The zero-order valence-electron chi connectivity index (χ0n) is 15.8. The number of carbonyl (C=O) groups is 1. The summed E-state index contributed by atoms with van der Waals surface area (Å²) in [7, 11) is -3.85. The van der Waals surface area contributed by atoms with Gasteiger partial charge < -0.3 is 14.5 Å². The van der Waals surface area contributed by atoms with Gasteiger partial charge in [-0.1, -0.05) is 13.8 Å². The molecule has 1 aromatic carbocycles. The summed E-state index contributed by atoms with van der Waals surface area (Å²) in [4.78, 5) is 16.5.